The third-order valence-corrected chi connectivity index (χ3v) is 6.62. The fourth-order valence-corrected chi connectivity index (χ4v) is 4.78. The van der Waals surface area contributed by atoms with Gasteiger partial charge < -0.3 is 10.2 Å². The van der Waals surface area contributed by atoms with E-state index in [2.05, 4.69) is 15.5 Å². The number of aromatic amines is 1. The van der Waals surface area contributed by atoms with Crippen LogP contribution in [0.3, 0.4) is 0 Å². The zero-order valence-corrected chi connectivity index (χ0v) is 18.8. The predicted octanol–water partition coefficient (Wildman–Crippen LogP) is 4.51. The minimum atomic E-state index is -0.253. The van der Waals surface area contributed by atoms with Crippen LogP contribution in [0.2, 0.25) is 5.02 Å². The van der Waals surface area contributed by atoms with E-state index in [0.29, 0.717) is 29.1 Å². The lowest BCUT2D eigenvalue weighted by atomic mass is 10.0. The summed E-state index contributed by atoms with van der Waals surface area (Å²) in [5.41, 5.74) is 2.94. The first-order chi connectivity index (χ1) is 16.1. The molecular weight excluding hydrogens is 438 g/mol. The molecule has 0 amide bonds. The molecule has 0 unspecified atom stereocenters. The van der Waals surface area contributed by atoms with Gasteiger partial charge in [0.2, 0.25) is 5.95 Å². The lowest BCUT2D eigenvalue weighted by molar-refractivity contribution is -0.119. The summed E-state index contributed by atoms with van der Waals surface area (Å²) in [5.74, 6) is 2.70. The Labute approximate surface area is 196 Å². The van der Waals surface area contributed by atoms with Crippen LogP contribution in [0.25, 0.3) is 5.52 Å². The number of ketones is 1. The molecule has 8 nitrogen and oxygen atoms in total. The van der Waals surface area contributed by atoms with Gasteiger partial charge in [-0.3, -0.25) is 9.89 Å². The van der Waals surface area contributed by atoms with Gasteiger partial charge in [-0.25, -0.2) is 4.52 Å². The number of H-pyrrole nitrogens is 1. The molecule has 168 valence electrons. The molecule has 1 aliphatic heterocycles. The van der Waals surface area contributed by atoms with Crippen molar-refractivity contribution in [2.75, 3.05) is 16.8 Å². The van der Waals surface area contributed by atoms with Crippen LogP contribution >= 0.6 is 11.6 Å². The summed E-state index contributed by atoms with van der Waals surface area (Å²) in [7, 11) is 0. The summed E-state index contributed by atoms with van der Waals surface area (Å²) in [4.78, 5) is 20.0. The van der Waals surface area contributed by atoms with Crippen molar-refractivity contribution in [1.82, 2.24) is 24.8 Å². The number of hydrogen-bond donors (Lipinski definition) is 2. The van der Waals surface area contributed by atoms with Crippen LogP contribution in [0.5, 0.6) is 0 Å². The van der Waals surface area contributed by atoms with Crippen LogP contribution in [-0.2, 0) is 11.2 Å². The molecule has 3 aromatic heterocycles. The third kappa shape index (κ3) is 4.06. The van der Waals surface area contributed by atoms with Crippen molar-refractivity contribution >= 4 is 40.5 Å². The minimum absolute atomic E-state index is 0.154. The standard InChI is InChI=1S/C24H24ClN7O/c25-17-5-1-4-15(12-17)13-21(33)19-6-2-10-31(19)24-27-23(20-7-3-11-32(20)30-24)26-22-14-18(28-29-22)16-8-9-16/h1,3-5,7,11-12,14,16,19H,2,6,8-10,13H2,(H2,26,27,28,29,30)/t19-/m0/s1. The average Bonchev–Trinajstić information content (AvgIpc) is 3.19. The normalized spacial score (nSPS) is 18.2. The maximum absolute atomic E-state index is 13.2. The molecular formula is C24H24ClN7O. The zero-order chi connectivity index (χ0) is 22.4. The van der Waals surface area contributed by atoms with Crippen molar-refractivity contribution < 1.29 is 4.79 Å². The second-order valence-electron chi connectivity index (χ2n) is 8.83. The first kappa shape index (κ1) is 20.2. The number of nitrogens with one attached hydrogen (secondary N) is 2. The Morgan fingerprint density at radius 2 is 2.09 bits per heavy atom. The molecule has 0 bridgehead atoms. The number of hydrogen-bond acceptors (Lipinski definition) is 6. The smallest absolute Gasteiger partial charge is 0.246 e. The maximum Gasteiger partial charge on any atom is 0.246 e. The lowest BCUT2D eigenvalue weighted by Crippen LogP contribution is -2.38. The van der Waals surface area contributed by atoms with Gasteiger partial charge in [-0.2, -0.15) is 10.1 Å². The highest BCUT2D eigenvalue weighted by atomic mass is 35.5. The van der Waals surface area contributed by atoms with E-state index in [1.807, 2.05) is 53.6 Å². The summed E-state index contributed by atoms with van der Waals surface area (Å²) in [6.45, 7) is 0.742. The largest absolute Gasteiger partial charge is 0.329 e. The highest BCUT2D eigenvalue weighted by Gasteiger charge is 2.33. The van der Waals surface area contributed by atoms with Gasteiger partial charge in [-0.05, 0) is 55.5 Å². The van der Waals surface area contributed by atoms with Gasteiger partial charge in [0, 0.05) is 41.9 Å². The summed E-state index contributed by atoms with van der Waals surface area (Å²) in [6.07, 6.45) is 6.37. The maximum atomic E-state index is 13.2. The third-order valence-electron chi connectivity index (χ3n) is 6.39. The SMILES string of the molecule is O=C(Cc1cccc(Cl)c1)[C@@H]1CCCN1c1nc(Nc2cc(C3CC3)[nH]n2)c2cccn2n1. The van der Waals surface area contributed by atoms with Gasteiger partial charge in [0.15, 0.2) is 17.4 Å². The average molecular weight is 462 g/mol. The molecule has 0 radical (unpaired) electrons. The Morgan fingerprint density at radius 3 is 2.94 bits per heavy atom. The van der Waals surface area contributed by atoms with Crippen molar-refractivity contribution in [3.8, 4) is 0 Å². The number of fused-ring (bicyclic) bond motifs is 1. The van der Waals surface area contributed by atoms with E-state index in [9.17, 15) is 4.79 Å². The van der Waals surface area contributed by atoms with Gasteiger partial charge >= 0.3 is 0 Å². The summed E-state index contributed by atoms with van der Waals surface area (Å²) in [6, 6.07) is 13.2. The summed E-state index contributed by atoms with van der Waals surface area (Å²) in [5, 5.41) is 16.2. The number of rotatable bonds is 7. The van der Waals surface area contributed by atoms with Crippen LogP contribution in [-0.4, -0.2) is 43.2 Å². The number of nitrogens with zero attached hydrogens (tertiary/aromatic N) is 5. The fraction of sp³-hybridized carbons (Fsp3) is 0.333. The fourth-order valence-electron chi connectivity index (χ4n) is 4.57. The molecule has 2 fully saturated rings. The highest BCUT2D eigenvalue weighted by molar-refractivity contribution is 6.30. The van der Waals surface area contributed by atoms with E-state index in [-0.39, 0.29) is 11.8 Å². The second kappa shape index (κ2) is 8.19. The van der Waals surface area contributed by atoms with Gasteiger partial charge in [0.05, 0.1) is 6.04 Å². The van der Waals surface area contributed by atoms with E-state index in [4.69, 9.17) is 21.7 Å². The second-order valence-corrected chi connectivity index (χ2v) is 9.27. The highest BCUT2D eigenvalue weighted by Crippen LogP contribution is 2.39. The van der Waals surface area contributed by atoms with Crippen LogP contribution in [0.1, 0.15) is 42.9 Å². The molecule has 1 saturated heterocycles. The Bertz CT molecular complexity index is 1330. The van der Waals surface area contributed by atoms with Gasteiger partial charge in [-0.1, -0.05) is 23.7 Å². The number of aromatic nitrogens is 5. The van der Waals surface area contributed by atoms with Crippen LogP contribution < -0.4 is 10.2 Å². The van der Waals surface area contributed by atoms with Crippen molar-refractivity contribution in [2.24, 2.45) is 0 Å². The Balaban J connectivity index is 1.28. The van der Waals surface area contributed by atoms with E-state index < -0.39 is 0 Å². The van der Waals surface area contributed by atoms with E-state index >= 15 is 0 Å². The molecule has 1 aliphatic carbocycles. The Kier molecular flexibility index (Phi) is 5.02. The Hall–Kier alpha value is -3.39. The molecule has 4 heterocycles. The molecule has 1 saturated carbocycles. The zero-order valence-electron chi connectivity index (χ0n) is 18.0. The van der Waals surface area contributed by atoms with Crippen LogP contribution in [0.15, 0.2) is 48.7 Å². The molecule has 2 N–H and O–H groups in total. The van der Waals surface area contributed by atoms with Crippen LogP contribution in [0, 0.1) is 0 Å². The van der Waals surface area contributed by atoms with Gasteiger partial charge in [0.1, 0.15) is 5.52 Å². The van der Waals surface area contributed by atoms with Gasteiger partial charge in [0.25, 0.3) is 0 Å². The topological polar surface area (TPSA) is 91.2 Å². The van der Waals surface area contributed by atoms with Crippen molar-refractivity contribution in [3.63, 3.8) is 0 Å². The van der Waals surface area contributed by atoms with Crippen LogP contribution in [0.4, 0.5) is 17.6 Å². The monoisotopic (exact) mass is 461 g/mol. The number of Topliss-reactive ketones (excluding diaryl/α,β-unsaturated/α-hetero) is 1. The van der Waals surface area contributed by atoms with Crippen molar-refractivity contribution in [1.29, 1.82) is 0 Å². The first-order valence-electron chi connectivity index (χ1n) is 11.4. The number of anilines is 3. The van der Waals surface area contributed by atoms with E-state index in [1.54, 1.807) is 4.52 Å². The Morgan fingerprint density at radius 1 is 1.18 bits per heavy atom. The van der Waals surface area contributed by atoms with Crippen molar-refractivity contribution in [2.45, 2.75) is 44.1 Å². The molecule has 1 atom stereocenters. The summed E-state index contributed by atoms with van der Waals surface area (Å²) >= 11 is 6.10. The molecule has 33 heavy (non-hydrogen) atoms. The molecule has 1 aromatic carbocycles. The number of benzene rings is 1. The predicted molar refractivity (Wildman–Crippen MR) is 127 cm³/mol. The number of carbonyl (C=O) groups excluding carboxylic acids is 1. The molecule has 9 heteroatoms. The first-order valence-corrected chi connectivity index (χ1v) is 11.7. The summed E-state index contributed by atoms with van der Waals surface area (Å²) < 4.78 is 1.80. The van der Waals surface area contributed by atoms with Gasteiger partial charge in [-0.15, -0.1) is 5.10 Å². The molecule has 2 aliphatic rings. The number of carbonyl (C=O) groups is 1. The molecule has 6 rings (SSSR count). The van der Waals surface area contributed by atoms with E-state index in [0.717, 1.165) is 42.0 Å². The number of halogens is 1. The van der Waals surface area contributed by atoms with Crippen molar-refractivity contribution in [3.05, 3.63) is 64.9 Å². The van der Waals surface area contributed by atoms with E-state index in [1.165, 1.54) is 12.8 Å². The molecule has 4 aromatic rings. The quantitative estimate of drug-likeness (QED) is 0.421. The lowest BCUT2D eigenvalue weighted by Gasteiger charge is -2.24. The minimum Gasteiger partial charge on any atom is -0.329 e. The molecule has 0 spiro atoms.